The number of nitro groups is 1. The molecule has 0 saturated heterocycles. The molecule has 31 heavy (non-hydrogen) atoms. The van der Waals surface area contributed by atoms with Crippen LogP contribution >= 0.6 is 15.9 Å². The Morgan fingerprint density at radius 1 is 1.35 bits per heavy atom. The van der Waals surface area contributed by atoms with E-state index in [4.69, 9.17) is 0 Å². The second-order valence-electron chi connectivity index (χ2n) is 5.62. The van der Waals surface area contributed by atoms with Gasteiger partial charge in [-0.1, -0.05) is 5.16 Å². The van der Waals surface area contributed by atoms with E-state index in [0.29, 0.717) is 11.9 Å². The number of hydrogen-bond acceptors (Lipinski definition) is 10. The van der Waals surface area contributed by atoms with Crippen LogP contribution < -0.4 is 21.3 Å². The van der Waals surface area contributed by atoms with Gasteiger partial charge in [0.05, 0.1) is 15.9 Å². The number of rotatable bonds is 11. The van der Waals surface area contributed by atoms with Gasteiger partial charge in [-0.3, -0.25) is 10.1 Å². The van der Waals surface area contributed by atoms with Crippen LogP contribution in [0.5, 0.6) is 0 Å². The Labute approximate surface area is 180 Å². The molecule has 2 aromatic rings. The first-order chi connectivity index (χ1) is 14.8. The van der Waals surface area contributed by atoms with E-state index in [1.165, 1.54) is 18.2 Å². The minimum atomic E-state index is -2.69. The zero-order chi connectivity index (χ0) is 22.8. The number of nitrogens with zero attached hydrogens (tertiary/aromatic N) is 4. The summed E-state index contributed by atoms with van der Waals surface area (Å²) in [5, 5.41) is 40.5. The lowest BCUT2D eigenvalue weighted by atomic mass is 10.3. The Balaban J connectivity index is 1.96. The topological polar surface area (TPSA) is 163 Å². The molecule has 0 aliphatic rings. The van der Waals surface area contributed by atoms with Gasteiger partial charge in [0.25, 0.3) is 12.6 Å². The van der Waals surface area contributed by atoms with Gasteiger partial charge in [-0.2, -0.15) is 0 Å². The maximum Gasteiger partial charge on any atom is 0.274 e. The third-order valence-electron chi connectivity index (χ3n) is 3.41. The van der Waals surface area contributed by atoms with Crippen LogP contribution in [0.2, 0.25) is 0 Å². The predicted octanol–water partition coefficient (Wildman–Crippen LogP) is 2.15. The van der Waals surface area contributed by atoms with E-state index >= 15 is 0 Å². The summed E-state index contributed by atoms with van der Waals surface area (Å²) in [6.45, 7) is -0.599. The van der Waals surface area contributed by atoms with Gasteiger partial charge < -0.3 is 26.5 Å². The highest BCUT2D eigenvalue weighted by Crippen LogP contribution is 2.21. The summed E-state index contributed by atoms with van der Waals surface area (Å²) in [4.78, 5) is 9.77. The molecule has 0 fully saturated rings. The summed E-state index contributed by atoms with van der Waals surface area (Å²) < 4.78 is 42.7. The Morgan fingerprint density at radius 3 is 2.77 bits per heavy atom. The van der Waals surface area contributed by atoms with Gasteiger partial charge in [-0.15, -0.1) is 0 Å². The Kier molecular flexibility index (Phi) is 8.86. The minimum Gasteiger partial charge on any atom is -0.409 e. The maximum atomic E-state index is 13.4. The molecule has 0 unspecified atom stereocenters. The predicted molar refractivity (Wildman–Crippen MR) is 106 cm³/mol. The van der Waals surface area contributed by atoms with E-state index in [9.17, 15) is 28.5 Å². The Hall–Kier alpha value is -3.56. The van der Waals surface area contributed by atoms with Crippen LogP contribution in [0.15, 0.2) is 44.5 Å². The second kappa shape index (κ2) is 11.6. The third kappa shape index (κ3) is 7.65. The van der Waals surface area contributed by atoms with Gasteiger partial charge in [0, 0.05) is 18.8 Å². The number of aromatic nitrogens is 2. The lowest BCUT2D eigenvalue weighted by molar-refractivity contribution is -0.404. The van der Waals surface area contributed by atoms with Crippen molar-refractivity contribution in [3.05, 3.63) is 56.3 Å². The van der Waals surface area contributed by atoms with E-state index in [2.05, 4.69) is 57.3 Å². The third-order valence-corrected chi connectivity index (χ3v) is 4.02. The van der Waals surface area contributed by atoms with Crippen molar-refractivity contribution in [1.82, 2.24) is 20.9 Å². The smallest absolute Gasteiger partial charge is 0.274 e. The molecule has 0 saturated carbocycles. The van der Waals surface area contributed by atoms with Crippen molar-refractivity contribution in [3.63, 3.8) is 0 Å². The van der Waals surface area contributed by atoms with Gasteiger partial charge >= 0.3 is 0 Å². The van der Waals surface area contributed by atoms with Crippen molar-refractivity contribution in [2.45, 2.75) is 6.43 Å². The fraction of sp³-hybridized carbons (Fsp3) is 0.267. The van der Waals surface area contributed by atoms with Crippen LogP contribution in [-0.2, 0) is 0 Å². The molecule has 1 heterocycles. The van der Waals surface area contributed by atoms with E-state index in [1.54, 1.807) is 0 Å². The van der Waals surface area contributed by atoms with Gasteiger partial charge in [-0.25, -0.2) is 17.8 Å². The van der Waals surface area contributed by atoms with Crippen molar-refractivity contribution < 1.29 is 27.9 Å². The van der Waals surface area contributed by atoms with Crippen LogP contribution in [0.1, 0.15) is 5.69 Å². The first kappa shape index (κ1) is 23.7. The molecule has 1 aromatic carbocycles. The van der Waals surface area contributed by atoms with Crippen LogP contribution in [0.4, 0.5) is 24.7 Å². The Morgan fingerprint density at radius 2 is 2.13 bits per heavy atom. The molecule has 12 nitrogen and oxygen atoms in total. The summed E-state index contributed by atoms with van der Waals surface area (Å²) in [6.07, 6.45) is -2.17. The molecule has 168 valence electrons. The number of amidine groups is 1. The normalized spacial score (nSPS) is 12.0. The molecule has 1 aromatic heterocycles. The molecule has 0 bridgehead atoms. The van der Waals surface area contributed by atoms with Gasteiger partial charge in [0.15, 0.2) is 11.5 Å². The van der Waals surface area contributed by atoms with E-state index < -0.39 is 23.7 Å². The van der Waals surface area contributed by atoms with Crippen molar-refractivity contribution in [2.75, 3.05) is 30.3 Å². The lowest BCUT2D eigenvalue weighted by Crippen LogP contribution is -2.33. The fourth-order valence-electron chi connectivity index (χ4n) is 2.13. The molecule has 16 heteroatoms. The van der Waals surface area contributed by atoms with Gasteiger partial charge in [0.1, 0.15) is 5.82 Å². The molecule has 5 N–H and O–H groups in total. The van der Waals surface area contributed by atoms with Crippen molar-refractivity contribution in [3.8, 4) is 0 Å². The molecule has 0 radical (unpaired) electrons. The van der Waals surface area contributed by atoms with E-state index in [0.717, 1.165) is 0 Å². The number of benzene rings is 1. The standard InChI is InChI=1S/C15H16BrF3N8O4/c16-9-5-8(1-2-10(9)17)23-15(24-28)13-14(26-31-25-13)21-4-3-20-12(7-27(29)30)22-6-11(18)19/h1-2,5,7,11,20,22,28H,3-4,6H2,(H,21,26)(H,23,24). The zero-order valence-corrected chi connectivity index (χ0v) is 17.1. The van der Waals surface area contributed by atoms with Crippen LogP contribution in [0, 0.1) is 15.9 Å². The molecular formula is C15H16BrF3N8O4. The molecule has 0 aliphatic heterocycles. The van der Waals surface area contributed by atoms with Gasteiger partial charge in [-0.05, 0) is 44.4 Å². The van der Waals surface area contributed by atoms with Gasteiger partial charge in [0.2, 0.25) is 11.7 Å². The van der Waals surface area contributed by atoms with E-state index in [1.807, 2.05) is 0 Å². The molecular weight excluding hydrogens is 493 g/mol. The summed E-state index contributed by atoms with van der Waals surface area (Å²) in [5.74, 6) is -0.794. The molecule has 0 amide bonds. The highest BCUT2D eigenvalue weighted by molar-refractivity contribution is 9.10. The molecule has 0 spiro atoms. The molecule has 2 rings (SSSR count). The number of alkyl halides is 2. The van der Waals surface area contributed by atoms with Crippen molar-refractivity contribution in [2.24, 2.45) is 5.16 Å². The Bertz CT molecular complexity index is 956. The monoisotopic (exact) mass is 508 g/mol. The van der Waals surface area contributed by atoms with Crippen LogP contribution in [0.3, 0.4) is 0 Å². The fourth-order valence-corrected chi connectivity index (χ4v) is 2.51. The first-order valence-corrected chi connectivity index (χ1v) is 9.21. The maximum absolute atomic E-state index is 13.4. The average Bonchev–Trinajstić information content (AvgIpc) is 3.17. The van der Waals surface area contributed by atoms with Crippen LogP contribution in [0.25, 0.3) is 0 Å². The van der Waals surface area contributed by atoms with Crippen LogP contribution in [-0.4, -0.2) is 52.3 Å². The number of anilines is 2. The number of oxime groups is 1. The largest absolute Gasteiger partial charge is 0.409 e. The number of halogens is 4. The quantitative estimate of drug-likeness (QED) is 0.0758. The minimum absolute atomic E-state index is 0.0140. The zero-order valence-electron chi connectivity index (χ0n) is 15.5. The number of hydrogen-bond donors (Lipinski definition) is 5. The second-order valence-corrected chi connectivity index (χ2v) is 6.47. The highest BCUT2D eigenvalue weighted by Gasteiger charge is 2.18. The summed E-state index contributed by atoms with van der Waals surface area (Å²) in [7, 11) is 0. The van der Waals surface area contributed by atoms with Crippen molar-refractivity contribution >= 4 is 33.3 Å². The molecule has 0 aliphatic carbocycles. The number of nitrogens with one attached hydrogen (secondary N) is 4. The lowest BCUT2D eigenvalue weighted by Gasteiger charge is -2.11. The average molecular weight is 509 g/mol. The summed E-state index contributed by atoms with van der Waals surface area (Å²) >= 11 is 3.03. The van der Waals surface area contributed by atoms with E-state index in [-0.39, 0.29) is 40.7 Å². The van der Waals surface area contributed by atoms with Crippen molar-refractivity contribution in [1.29, 1.82) is 0 Å². The SMILES string of the molecule is O=[N+]([O-])C=C(NCCNc1nonc1C(=NO)Nc1ccc(F)c(Br)c1)NCC(F)F. The first-order valence-electron chi connectivity index (χ1n) is 8.42. The summed E-state index contributed by atoms with van der Waals surface area (Å²) in [6, 6.07) is 3.98. The summed E-state index contributed by atoms with van der Waals surface area (Å²) in [5.41, 5.74) is 0.358. The highest BCUT2D eigenvalue weighted by atomic mass is 79.9. The molecule has 0 atom stereocenters.